The minimum atomic E-state index is 0.613. The van der Waals surface area contributed by atoms with E-state index in [0.29, 0.717) is 12.0 Å². The molecule has 1 N–H and O–H groups in total. The summed E-state index contributed by atoms with van der Waals surface area (Å²) in [4.78, 5) is 0. The van der Waals surface area contributed by atoms with Crippen LogP contribution in [0.5, 0.6) is 0 Å². The number of aryl methyl sites for hydroxylation is 1. The van der Waals surface area contributed by atoms with Gasteiger partial charge in [0.15, 0.2) is 0 Å². The summed E-state index contributed by atoms with van der Waals surface area (Å²) in [5, 5.41) is 4.27. The Morgan fingerprint density at radius 1 is 1.25 bits per heavy atom. The van der Waals surface area contributed by atoms with Gasteiger partial charge >= 0.3 is 0 Å². The van der Waals surface area contributed by atoms with Crippen molar-refractivity contribution in [3.8, 4) is 0 Å². The standard InChI is InChI=1S/C14H22ClN/c1-11(2)14(16-3)10-6-8-12-7-4-5-9-13(12)15/h4-5,7,9,11,14,16H,6,8,10H2,1-3H3. The summed E-state index contributed by atoms with van der Waals surface area (Å²) in [6.45, 7) is 4.52. The number of hydrogen-bond donors (Lipinski definition) is 1. The molecular weight excluding hydrogens is 218 g/mol. The molecule has 0 aliphatic heterocycles. The Labute approximate surface area is 104 Å². The second-order valence-corrected chi connectivity index (χ2v) is 5.03. The highest BCUT2D eigenvalue weighted by Crippen LogP contribution is 2.18. The van der Waals surface area contributed by atoms with Crippen molar-refractivity contribution in [3.05, 3.63) is 34.9 Å². The van der Waals surface area contributed by atoms with Gasteiger partial charge in [0.05, 0.1) is 0 Å². The van der Waals surface area contributed by atoms with Gasteiger partial charge in [-0.25, -0.2) is 0 Å². The molecule has 0 amide bonds. The Morgan fingerprint density at radius 3 is 2.50 bits per heavy atom. The van der Waals surface area contributed by atoms with Crippen molar-refractivity contribution in [2.24, 2.45) is 5.92 Å². The van der Waals surface area contributed by atoms with E-state index in [2.05, 4.69) is 31.3 Å². The summed E-state index contributed by atoms with van der Waals surface area (Å²) < 4.78 is 0. The van der Waals surface area contributed by atoms with Crippen LogP contribution in [0.2, 0.25) is 5.02 Å². The van der Waals surface area contributed by atoms with E-state index in [1.54, 1.807) is 0 Å². The van der Waals surface area contributed by atoms with Gasteiger partial charge in [0.2, 0.25) is 0 Å². The molecule has 0 bridgehead atoms. The number of benzene rings is 1. The lowest BCUT2D eigenvalue weighted by Crippen LogP contribution is -2.30. The molecule has 1 aromatic rings. The number of nitrogens with one attached hydrogen (secondary N) is 1. The van der Waals surface area contributed by atoms with Gasteiger partial charge in [0.1, 0.15) is 0 Å². The van der Waals surface area contributed by atoms with Gasteiger partial charge in [-0.2, -0.15) is 0 Å². The van der Waals surface area contributed by atoms with E-state index in [1.807, 2.05) is 19.2 Å². The monoisotopic (exact) mass is 239 g/mol. The normalized spacial score (nSPS) is 13.1. The van der Waals surface area contributed by atoms with Crippen LogP contribution in [-0.2, 0) is 6.42 Å². The van der Waals surface area contributed by atoms with Gasteiger partial charge in [0.25, 0.3) is 0 Å². The molecule has 16 heavy (non-hydrogen) atoms. The molecule has 1 nitrogen and oxygen atoms in total. The second-order valence-electron chi connectivity index (χ2n) is 4.62. The fourth-order valence-electron chi connectivity index (χ4n) is 2.02. The first kappa shape index (κ1) is 13.5. The fourth-order valence-corrected chi connectivity index (χ4v) is 2.25. The van der Waals surface area contributed by atoms with Crippen LogP contribution in [-0.4, -0.2) is 13.1 Å². The van der Waals surface area contributed by atoms with Crippen molar-refractivity contribution in [2.75, 3.05) is 7.05 Å². The Bertz CT molecular complexity index is 309. The number of hydrogen-bond acceptors (Lipinski definition) is 1. The zero-order valence-electron chi connectivity index (χ0n) is 10.5. The van der Waals surface area contributed by atoms with E-state index >= 15 is 0 Å². The van der Waals surface area contributed by atoms with Crippen LogP contribution in [0.1, 0.15) is 32.3 Å². The quantitative estimate of drug-likeness (QED) is 0.794. The van der Waals surface area contributed by atoms with Crippen LogP contribution in [0.4, 0.5) is 0 Å². The Balaban J connectivity index is 2.38. The van der Waals surface area contributed by atoms with Gasteiger partial charge < -0.3 is 5.32 Å². The average Bonchev–Trinajstić information content (AvgIpc) is 2.26. The molecular formula is C14H22ClN. The van der Waals surface area contributed by atoms with Crippen LogP contribution < -0.4 is 5.32 Å². The largest absolute Gasteiger partial charge is 0.317 e. The topological polar surface area (TPSA) is 12.0 Å². The van der Waals surface area contributed by atoms with Crippen LogP contribution in [0, 0.1) is 5.92 Å². The highest BCUT2D eigenvalue weighted by atomic mass is 35.5. The minimum Gasteiger partial charge on any atom is -0.317 e. The van der Waals surface area contributed by atoms with Crippen molar-refractivity contribution in [1.29, 1.82) is 0 Å². The zero-order chi connectivity index (χ0) is 12.0. The molecule has 0 spiro atoms. The summed E-state index contributed by atoms with van der Waals surface area (Å²) in [5.74, 6) is 0.691. The van der Waals surface area contributed by atoms with Crippen molar-refractivity contribution in [3.63, 3.8) is 0 Å². The predicted molar refractivity (Wildman–Crippen MR) is 72.1 cm³/mol. The predicted octanol–water partition coefficient (Wildman–Crippen LogP) is 3.91. The van der Waals surface area contributed by atoms with Crippen LogP contribution in [0.3, 0.4) is 0 Å². The molecule has 0 aromatic heterocycles. The Kier molecular flexibility index (Phi) is 5.86. The van der Waals surface area contributed by atoms with Crippen molar-refractivity contribution in [1.82, 2.24) is 5.32 Å². The van der Waals surface area contributed by atoms with Crippen molar-refractivity contribution in [2.45, 2.75) is 39.2 Å². The smallest absolute Gasteiger partial charge is 0.0437 e. The third kappa shape index (κ3) is 4.15. The van der Waals surface area contributed by atoms with Crippen LogP contribution in [0.15, 0.2) is 24.3 Å². The van der Waals surface area contributed by atoms with E-state index in [0.717, 1.165) is 11.4 Å². The van der Waals surface area contributed by atoms with E-state index in [1.165, 1.54) is 18.4 Å². The molecule has 0 fully saturated rings. The third-order valence-electron chi connectivity index (χ3n) is 3.09. The molecule has 0 saturated heterocycles. The van der Waals surface area contributed by atoms with E-state index in [4.69, 9.17) is 11.6 Å². The molecule has 1 atom stereocenters. The SMILES string of the molecule is CNC(CCCc1ccccc1Cl)C(C)C. The molecule has 0 heterocycles. The maximum absolute atomic E-state index is 6.12. The Morgan fingerprint density at radius 2 is 1.94 bits per heavy atom. The molecule has 1 unspecified atom stereocenters. The van der Waals surface area contributed by atoms with Gasteiger partial charge in [-0.05, 0) is 43.9 Å². The molecule has 0 radical (unpaired) electrons. The highest BCUT2D eigenvalue weighted by molar-refractivity contribution is 6.31. The molecule has 90 valence electrons. The maximum Gasteiger partial charge on any atom is 0.0437 e. The number of halogens is 1. The summed E-state index contributed by atoms with van der Waals surface area (Å²) in [7, 11) is 2.04. The van der Waals surface area contributed by atoms with Crippen LogP contribution in [0.25, 0.3) is 0 Å². The van der Waals surface area contributed by atoms with Gasteiger partial charge in [-0.15, -0.1) is 0 Å². The first-order chi connectivity index (χ1) is 7.65. The van der Waals surface area contributed by atoms with Crippen molar-refractivity contribution >= 4 is 11.6 Å². The Hall–Kier alpha value is -0.530. The minimum absolute atomic E-state index is 0.613. The first-order valence-electron chi connectivity index (χ1n) is 6.05. The summed E-state index contributed by atoms with van der Waals surface area (Å²) in [5.41, 5.74) is 1.27. The van der Waals surface area contributed by atoms with Gasteiger partial charge in [-0.1, -0.05) is 43.6 Å². The molecule has 1 rings (SSSR count). The molecule has 1 aromatic carbocycles. The van der Waals surface area contributed by atoms with Crippen molar-refractivity contribution < 1.29 is 0 Å². The summed E-state index contributed by atoms with van der Waals surface area (Å²) in [6, 6.07) is 8.73. The van der Waals surface area contributed by atoms with E-state index in [-0.39, 0.29) is 0 Å². The highest BCUT2D eigenvalue weighted by Gasteiger charge is 2.10. The molecule has 0 aliphatic carbocycles. The molecule has 2 heteroatoms. The summed E-state index contributed by atoms with van der Waals surface area (Å²) in [6.07, 6.45) is 3.47. The molecule has 0 aliphatic rings. The zero-order valence-corrected chi connectivity index (χ0v) is 11.2. The number of rotatable bonds is 6. The molecule has 0 saturated carbocycles. The van der Waals surface area contributed by atoms with Gasteiger partial charge in [-0.3, -0.25) is 0 Å². The third-order valence-corrected chi connectivity index (χ3v) is 3.46. The lowest BCUT2D eigenvalue weighted by Gasteiger charge is -2.19. The maximum atomic E-state index is 6.12. The fraction of sp³-hybridized carbons (Fsp3) is 0.571. The first-order valence-corrected chi connectivity index (χ1v) is 6.43. The van der Waals surface area contributed by atoms with E-state index in [9.17, 15) is 0 Å². The second kappa shape index (κ2) is 6.93. The van der Waals surface area contributed by atoms with Crippen LogP contribution >= 0.6 is 11.6 Å². The lowest BCUT2D eigenvalue weighted by molar-refractivity contribution is 0.393. The summed E-state index contributed by atoms with van der Waals surface area (Å²) >= 11 is 6.12. The van der Waals surface area contributed by atoms with E-state index < -0.39 is 0 Å². The average molecular weight is 240 g/mol. The lowest BCUT2D eigenvalue weighted by atomic mass is 9.97. The van der Waals surface area contributed by atoms with Gasteiger partial charge in [0, 0.05) is 11.1 Å².